The second-order valence-electron chi connectivity index (χ2n) is 8.09. The first-order valence-corrected chi connectivity index (χ1v) is 10.9. The van der Waals surface area contributed by atoms with Gasteiger partial charge in [0.15, 0.2) is 11.4 Å². The molecule has 7 nitrogen and oxygen atoms in total. The first-order valence-electron chi connectivity index (χ1n) is 10.9. The molecule has 168 valence electrons. The van der Waals surface area contributed by atoms with Crippen LogP contribution in [0.2, 0.25) is 0 Å². The number of nitrogens with zero attached hydrogens (tertiary/aromatic N) is 2. The van der Waals surface area contributed by atoms with Crippen LogP contribution in [0, 0.1) is 0 Å². The third-order valence-corrected chi connectivity index (χ3v) is 5.76. The minimum Gasteiger partial charge on any atom is -0.384 e. The lowest BCUT2D eigenvalue weighted by atomic mass is 9.95. The van der Waals surface area contributed by atoms with Gasteiger partial charge in [0.1, 0.15) is 5.82 Å². The molecule has 0 aliphatic carbocycles. The predicted molar refractivity (Wildman–Crippen MR) is 133 cm³/mol. The maximum atomic E-state index is 13.0. The number of rotatable bonds is 6. The second-order valence-corrected chi connectivity index (χ2v) is 8.09. The van der Waals surface area contributed by atoms with Gasteiger partial charge in [0.25, 0.3) is 5.91 Å². The van der Waals surface area contributed by atoms with Gasteiger partial charge in [0.2, 0.25) is 0 Å². The highest BCUT2D eigenvalue weighted by molar-refractivity contribution is 5.94. The first-order chi connectivity index (χ1) is 16.6. The summed E-state index contributed by atoms with van der Waals surface area (Å²) in [4.78, 5) is 17.0. The summed E-state index contributed by atoms with van der Waals surface area (Å²) < 4.78 is 5.33. The Morgan fingerprint density at radius 2 is 1.74 bits per heavy atom. The summed E-state index contributed by atoms with van der Waals surface area (Å²) in [6, 6.07) is 27.0. The molecule has 0 spiro atoms. The van der Waals surface area contributed by atoms with E-state index < -0.39 is 0 Å². The van der Waals surface area contributed by atoms with Crippen LogP contribution in [0.1, 0.15) is 27.5 Å². The zero-order chi connectivity index (χ0) is 23.5. The van der Waals surface area contributed by atoms with Crippen LogP contribution < -0.4 is 16.8 Å². The van der Waals surface area contributed by atoms with Crippen LogP contribution in [0.5, 0.6) is 0 Å². The van der Waals surface area contributed by atoms with Crippen molar-refractivity contribution < 1.29 is 9.32 Å². The smallest absolute Gasteiger partial charge is 0.253 e. The number of amides is 1. The van der Waals surface area contributed by atoms with Crippen LogP contribution in [0.3, 0.4) is 0 Å². The van der Waals surface area contributed by atoms with Crippen molar-refractivity contribution in [2.75, 3.05) is 11.5 Å². The van der Waals surface area contributed by atoms with Crippen molar-refractivity contribution in [2.24, 2.45) is 0 Å². The van der Waals surface area contributed by atoms with Crippen LogP contribution in [0.25, 0.3) is 22.1 Å². The molecule has 1 atom stereocenters. The number of aromatic nitrogens is 2. The molecule has 5 N–H and O–H groups in total. The third kappa shape index (κ3) is 4.45. The minimum absolute atomic E-state index is 0.211. The van der Waals surface area contributed by atoms with Gasteiger partial charge in [-0.1, -0.05) is 59.8 Å². The van der Waals surface area contributed by atoms with E-state index >= 15 is 0 Å². The van der Waals surface area contributed by atoms with Gasteiger partial charge in [-0.05, 0) is 59.0 Å². The summed E-state index contributed by atoms with van der Waals surface area (Å²) in [6.45, 7) is 0. The highest BCUT2D eigenvalue weighted by Gasteiger charge is 2.18. The third-order valence-electron chi connectivity index (χ3n) is 5.76. The number of anilines is 2. The summed E-state index contributed by atoms with van der Waals surface area (Å²) in [5.74, 6) is 0.533. The molecule has 3 aromatic carbocycles. The van der Waals surface area contributed by atoms with Crippen LogP contribution in [-0.4, -0.2) is 16.0 Å². The van der Waals surface area contributed by atoms with Gasteiger partial charge in [0, 0.05) is 6.20 Å². The zero-order valence-electron chi connectivity index (χ0n) is 18.3. The molecule has 7 heteroatoms. The van der Waals surface area contributed by atoms with Crippen LogP contribution in [0.4, 0.5) is 11.6 Å². The Morgan fingerprint density at radius 1 is 0.912 bits per heavy atom. The molecule has 0 radical (unpaired) electrons. The molecule has 34 heavy (non-hydrogen) atoms. The van der Waals surface area contributed by atoms with E-state index in [4.69, 9.17) is 16.0 Å². The highest BCUT2D eigenvalue weighted by atomic mass is 16.5. The normalized spacial score (nSPS) is 11.9. The maximum Gasteiger partial charge on any atom is 0.253 e. The van der Waals surface area contributed by atoms with Crippen molar-refractivity contribution in [1.29, 1.82) is 0 Å². The molecule has 0 saturated carbocycles. The molecule has 2 aromatic heterocycles. The van der Waals surface area contributed by atoms with E-state index in [2.05, 4.69) is 33.7 Å². The Kier molecular flexibility index (Phi) is 5.66. The number of carbonyl (C=O) groups is 1. The van der Waals surface area contributed by atoms with Crippen molar-refractivity contribution >= 4 is 28.5 Å². The Bertz CT molecular complexity index is 1450. The number of hydrogen-bond donors (Lipinski definition) is 3. The molecule has 0 aliphatic heterocycles. The number of hydrogen-bond acceptors (Lipinski definition) is 6. The average molecular weight is 450 g/mol. The van der Waals surface area contributed by atoms with E-state index in [-0.39, 0.29) is 11.9 Å². The fourth-order valence-corrected chi connectivity index (χ4v) is 3.95. The van der Waals surface area contributed by atoms with Crippen molar-refractivity contribution in [3.05, 3.63) is 108 Å². The van der Waals surface area contributed by atoms with Crippen LogP contribution in [0.15, 0.2) is 95.6 Å². The topological polar surface area (TPSA) is 120 Å². The van der Waals surface area contributed by atoms with Gasteiger partial charge in [-0.15, -0.1) is 0 Å². The summed E-state index contributed by atoms with van der Waals surface area (Å²) >= 11 is 0. The lowest BCUT2D eigenvalue weighted by Crippen LogP contribution is -2.30. The molecule has 0 bridgehead atoms. The molecule has 0 aliphatic rings. The van der Waals surface area contributed by atoms with Gasteiger partial charge < -0.3 is 21.3 Å². The molecule has 0 saturated heterocycles. The van der Waals surface area contributed by atoms with E-state index in [1.54, 1.807) is 12.1 Å². The van der Waals surface area contributed by atoms with Crippen molar-refractivity contribution in [3.63, 3.8) is 0 Å². The number of carbonyl (C=O) groups excluding carboxylic acids is 1. The largest absolute Gasteiger partial charge is 0.384 e. The Labute approximate surface area is 196 Å². The summed E-state index contributed by atoms with van der Waals surface area (Å²) in [6.07, 6.45) is 2.12. The fraction of sp³-hybridized carbons (Fsp3) is 0.0741. The number of fused-ring (bicyclic) bond motifs is 1. The van der Waals surface area contributed by atoms with Gasteiger partial charge in [-0.25, -0.2) is 4.98 Å². The standard InChI is InChI=1S/C27H23N5O2/c28-25-12-10-21(16-30-25)27(33)31-23(13-17-5-2-1-3-6-17)20-8-4-7-18(14-20)19-9-11-22-24(15-19)34-32-26(22)29/h1-12,14-16,23H,13H2,(H2,28,30)(H2,29,32)(H,31,33). The fourth-order valence-electron chi connectivity index (χ4n) is 3.95. The molecule has 1 amide bonds. The minimum atomic E-state index is -0.253. The average Bonchev–Trinajstić information content (AvgIpc) is 3.24. The molecular weight excluding hydrogens is 426 g/mol. The molecule has 0 fully saturated rings. The molecule has 5 aromatic rings. The summed E-state index contributed by atoms with van der Waals surface area (Å²) in [7, 11) is 0. The molecule has 5 rings (SSSR count). The summed E-state index contributed by atoms with van der Waals surface area (Å²) in [5, 5.41) is 7.78. The maximum absolute atomic E-state index is 13.0. The highest BCUT2D eigenvalue weighted by Crippen LogP contribution is 2.29. The van der Waals surface area contributed by atoms with Crippen molar-refractivity contribution in [2.45, 2.75) is 12.5 Å². The second kappa shape index (κ2) is 9.07. The number of nitrogens with one attached hydrogen (secondary N) is 1. The molecule has 2 heterocycles. The van der Waals surface area contributed by atoms with Gasteiger partial charge >= 0.3 is 0 Å². The van der Waals surface area contributed by atoms with Crippen LogP contribution in [-0.2, 0) is 6.42 Å². The van der Waals surface area contributed by atoms with Gasteiger partial charge in [-0.3, -0.25) is 4.79 Å². The van der Waals surface area contributed by atoms with Gasteiger partial charge in [-0.2, -0.15) is 0 Å². The Morgan fingerprint density at radius 3 is 2.53 bits per heavy atom. The first kappa shape index (κ1) is 21.2. The molecular formula is C27H23N5O2. The Balaban J connectivity index is 1.48. The lowest BCUT2D eigenvalue weighted by Gasteiger charge is -2.20. The van der Waals surface area contributed by atoms with E-state index in [0.717, 1.165) is 27.6 Å². The lowest BCUT2D eigenvalue weighted by molar-refractivity contribution is 0.0936. The predicted octanol–water partition coefficient (Wildman–Crippen LogP) is 4.77. The van der Waals surface area contributed by atoms with Gasteiger partial charge in [0.05, 0.1) is 17.0 Å². The van der Waals surface area contributed by atoms with Crippen molar-refractivity contribution in [3.8, 4) is 11.1 Å². The SMILES string of the molecule is Nc1ccc(C(=O)NC(Cc2ccccc2)c2cccc(-c3ccc4c(N)noc4c3)c2)cn1. The quantitative estimate of drug-likeness (QED) is 0.343. The van der Waals surface area contributed by atoms with E-state index in [0.29, 0.717) is 29.2 Å². The Hall–Kier alpha value is -4.65. The summed E-state index contributed by atoms with van der Waals surface area (Å²) in [5.41, 5.74) is 16.7. The van der Waals surface area contributed by atoms with E-state index in [9.17, 15) is 4.79 Å². The molecule has 1 unspecified atom stereocenters. The van der Waals surface area contributed by atoms with Crippen LogP contribution >= 0.6 is 0 Å². The monoisotopic (exact) mass is 449 g/mol. The number of benzene rings is 3. The van der Waals surface area contributed by atoms with E-state index in [1.165, 1.54) is 6.20 Å². The number of nitrogens with two attached hydrogens (primary N) is 2. The number of nitrogen functional groups attached to an aromatic ring is 2. The van der Waals surface area contributed by atoms with Crippen molar-refractivity contribution in [1.82, 2.24) is 15.5 Å². The van der Waals surface area contributed by atoms with E-state index in [1.807, 2.05) is 54.6 Å². The number of pyridine rings is 1. The zero-order valence-corrected chi connectivity index (χ0v) is 18.3.